The fourth-order valence-electron chi connectivity index (χ4n) is 3.80. The van der Waals surface area contributed by atoms with Crippen molar-refractivity contribution in [1.82, 2.24) is 15.0 Å². The van der Waals surface area contributed by atoms with E-state index in [1.54, 1.807) is 0 Å². The zero-order valence-electron chi connectivity index (χ0n) is 15.4. The van der Waals surface area contributed by atoms with Crippen LogP contribution in [0.1, 0.15) is 62.6 Å². The zero-order valence-corrected chi connectivity index (χ0v) is 15.4. The average molecular weight is 363 g/mol. The number of likely N-dealkylation sites (tertiary alicyclic amines) is 1. The number of carbonyl (C=O) groups is 1. The van der Waals surface area contributed by atoms with Crippen molar-refractivity contribution in [2.75, 3.05) is 32.9 Å². The number of ether oxygens (including phenoxy) is 2. The molecule has 1 atom stereocenters. The van der Waals surface area contributed by atoms with E-state index in [0.717, 1.165) is 63.5 Å². The molecule has 0 radical (unpaired) electrons. The first kappa shape index (κ1) is 17.9. The topological polar surface area (TPSA) is 77.7 Å². The highest BCUT2D eigenvalue weighted by atomic mass is 16.5. The normalized spacial score (nSPS) is 24.8. The van der Waals surface area contributed by atoms with Crippen LogP contribution in [0.3, 0.4) is 0 Å². The summed E-state index contributed by atoms with van der Waals surface area (Å²) < 4.78 is 16.6. The van der Waals surface area contributed by atoms with Gasteiger partial charge in [0.15, 0.2) is 5.82 Å². The fourth-order valence-corrected chi connectivity index (χ4v) is 3.80. The molecule has 0 unspecified atom stereocenters. The molecule has 4 rings (SSSR count). The van der Waals surface area contributed by atoms with Crippen molar-refractivity contribution < 1.29 is 18.8 Å². The second kappa shape index (κ2) is 8.48. The van der Waals surface area contributed by atoms with Crippen LogP contribution in [0, 0.1) is 5.92 Å². The third-order valence-electron chi connectivity index (χ3n) is 5.65. The SMILES string of the molecule is O=C(COC[C@H]1CCCCO1)N1CCC(Cc2noc(C3CC3)n2)CC1. The van der Waals surface area contributed by atoms with Gasteiger partial charge < -0.3 is 18.9 Å². The molecular formula is C19H29N3O4. The Morgan fingerprint density at radius 1 is 1.15 bits per heavy atom. The maximum atomic E-state index is 12.3. The lowest BCUT2D eigenvalue weighted by molar-refractivity contribution is -0.139. The van der Waals surface area contributed by atoms with Gasteiger partial charge in [0.2, 0.25) is 11.8 Å². The molecule has 7 nitrogen and oxygen atoms in total. The molecule has 0 bridgehead atoms. The maximum absolute atomic E-state index is 12.3. The Bertz CT molecular complexity index is 587. The fraction of sp³-hybridized carbons (Fsp3) is 0.842. The molecule has 144 valence electrons. The van der Waals surface area contributed by atoms with Crippen LogP contribution in [0.4, 0.5) is 0 Å². The second-order valence-corrected chi connectivity index (χ2v) is 7.86. The van der Waals surface area contributed by atoms with E-state index in [1.165, 1.54) is 19.3 Å². The van der Waals surface area contributed by atoms with Gasteiger partial charge in [-0.1, -0.05) is 5.16 Å². The van der Waals surface area contributed by atoms with Crippen molar-refractivity contribution in [2.45, 2.75) is 63.4 Å². The smallest absolute Gasteiger partial charge is 0.248 e. The van der Waals surface area contributed by atoms with Crippen LogP contribution in [0.5, 0.6) is 0 Å². The molecule has 1 saturated carbocycles. The van der Waals surface area contributed by atoms with Gasteiger partial charge in [-0.05, 0) is 50.9 Å². The Morgan fingerprint density at radius 3 is 2.73 bits per heavy atom. The largest absolute Gasteiger partial charge is 0.376 e. The molecule has 2 aliphatic heterocycles. The summed E-state index contributed by atoms with van der Waals surface area (Å²) >= 11 is 0. The quantitative estimate of drug-likeness (QED) is 0.740. The van der Waals surface area contributed by atoms with E-state index >= 15 is 0 Å². The third-order valence-corrected chi connectivity index (χ3v) is 5.65. The molecule has 1 aliphatic carbocycles. The summed E-state index contributed by atoms with van der Waals surface area (Å²) in [6.45, 7) is 3.10. The summed E-state index contributed by atoms with van der Waals surface area (Å²) in [5.74, 6) is 2.77. The number of amides is 1. The number of hydrogen-bond donors (Lipinski definition) is 0. The summed E-state index contributed by atoms with van der Waals surface area (Å²) in [6.07, 6.45) is 8.72. The van der Waals surface area contributed by atoms with Crippen LogP contribution >= 0.6 is 0 Å². The van der Waals surface area contributed by atoms with Gasteiger partial charge in [0, 0.05) is 32.0 Å². The molecule has 3 fully saturated rings. The molecule has 3 aliphatic rings. The first-order valence-corrected chi connectivity index (χ1v) is 10.1. The summed E-state index contributed by atoms with van der Waals surface area (Å²) in [5, 5.41) is 4.11. The number of piperidine rings is 1. The predicted octanol–water partition coefficient (Wildman–Crippen LogP) is 2.31. The van der Waals surface area contributed by atoms with E-state index in [-0.39, 0.29) is 18.6 Å². The van der Waals surface area contributed by atoms with Crippen molar-refractivity contribution in [3.63, 3.8) is 0 Å². The lowest BCUT2D eigenvalue weighted by Crippen LogP contribution is -2.41. The van der Waals surface area contributed by atoms with Crippen molar-refractivity contribution in [2.24, 2.45) is 5.92 Å². The first-order chi connectivity index (χ1) is 12.8. The van der Waals surface area contributed by atoms with E-state index in [4.69, 9.17) is 14.0 Å². The van der Waals surface area contributed by atoms with Crippen molar-refractivity contribution in [3.8, 4) is 0 Å². The Labute approximate surface area is 154 Å². The van der Waals surface area contributed by atoms with E-state index in [0.29, 0.717) is 18.4 Å². The van der Waals surface area contributed by atoms with E-state index < -0.39 is 0 Å². The van der Waals surface area contributed by atoms with Gasteiger partial charge in [0.1, 0.15) is 6.61 Å². The summed E-state index contributed by atoms with van der Waals surface area (Å²) in [5.41, 5.74) is 0. The van der Waals surface area contributed by atoms with Gasteiger partial charge in [0.25, 0.3) is 0 Å². The van der Waals surface area contributed by atoms with Crippen LogP contribution < -0.4 is 0 Å². The lowest BCUT2D eigenvalue weighted by Gasteiger charge is -2.31. The molecule has 0 aromatic carbocycles. The van der Waals surface area contributed by atoms with Crippen LogP contribution in [0.25, 0.3) is 0 Å². The van der Waals surface area contributed by atoms with E-state index in [9.17, 15) is 4.79 Å². The number of nitrogens with zero attached hydrogens (tertiary/aromatic N) is 3. The molecule has 1 amide bonds. The second-order valence-electron chi connectivity index (χ2n) is 7.86. The molecule has 2 saturated heterocycles. The lowest BCUT2D eigenvalue weighted by atomic mass is 9.93. The molecular weight excluding hydrogens is 334 g/mol. The third kappa shape index (κ3) is 4.82. The highest BCUT2D eigenvalue weighted by Gasteiger charge is 2.30. The minimum atomic E-state index is 0.0924. The minimum Gasteiger partial charge on any atom is -0.376 e. The maximum Gasteiger partial charge on any atom is 0.248 e. The van der Waals surface area contributed by atoms with Gasteiger partial charge in [-0.15, -0.1) is 0 Å². The summed E-state index contributed by atoms with van der Waals surface area (Å²) in [6, 6.07) is 0. The predicted molar refractivity (Wildman–Crippen MR) is 93.7 cm³/mol. The molecule has 1 aromatic rings. The molecule has 0 spiro atoms. The monoisotopic (exact) mass is 363 g/mol. The molecule has 26 heavy (non-hydrogen) atoms. The number of hydrogen-bond acceptors (Lipinski definition) is 6. The van der Waals surface area contributed by atoms with Crippen molar-refractivity contribution in [3.05, 3.63) is 11.7 Å². The summed E-state index contributed by atoms with van der Waals surface area (Å²) in [7, 11) is 0. The molecule has 7 heteroatoms. The van der Waals surface area contributed by atoms with Crippen LogP contribution in [-0.4, -0.2) is 60.0 Å². The Kier molecular flexibility index (Phi) is 5.84. The van der Waals surface area contributed by atoms with E-state index in [2.05, 4.69) is 10.1 Å². The average Bonchev–Trinajstić information content (AvgIpc) is 3.43. The minimum absolute atomic E-state index is 0.0924. The Morgan fingerprint density at radius 2 is 2.00 bits per heavy atom. The van der Waals surface area contributed by atoms with E-state index in [1.807, 2.05) is 4.90 Å². The number of carbonyl (C=O) groups excluding carboxylic acids is 1. The molecule has 0 N–H and O–H groups in total. The van der Waals surface area contributed by atoms with Gasteiger partial charge >= 0.3 is 0 Å². The van der Waals surface area contributed by atoms with Crippen molar-refractivity contribution >= 4 is 5.91 Å². The molecule has 1 aromatic heterocycles. The number of aromatic nitrogens is 2. The first-order valence-electron chi connectivity index (χ1n) is 10.1. The highest BCUT2D eigenvalue weighted by molar-refractivity contribution is 5.77. The van der Waals surface area contributed by atoms with Gasteiger partial charge in [-0.3, -0.25) is 4.79 Å². The van der Waals surface area contributed by atoms with Gasteiger partial charge in [-0.25, -0.2) is 0 Å². The number of rotatable bonds is 7. The zero-order chi connectivity index (χ0) is 17.8. The summed E-state index contributed by atoms with van der Waals surface area (Å²) in [4.78, 5) is 18.7. The molecule has 3 heterocycles. The van der Waals surface area contributed by atoms with Crippen molar-refractivity contribution in [1.29, 1.82) is 0 Å². The van der Waals surface area contributed by atoms with Gasteiger partial charge in [0.05, 0.1) is 12.7 Å². The van der Waals surface area contributed by atoms with Gasteiger partial charge in [-0.2, -0.15) is 4.98 Å². The standard InChI is InChI=1S/C19H29N3O4/c23-18(13-24-12-16-3-1-2-10-25-16)22-8-6-14(7-9-22)11-17-20-19(26-21-17)15-4-5-15/h14-16H,1-13H2/t16-/m1/s1. The van der Waals surface area contributed by atoms with Crippen LogP contribution in [-0.2, 0) is 20.7 Å². The Hall–Kier alpha value is -1.47. The Balaban J connectivity index is 1.14. The highest BCUT2D eigenvalue weighted by Crippen LogP contribution is 2.39. The van der Waals surface area contributed by atoms with Crippen LogP contribution in [0.15, 0.2) is 4.52 Å². The van der Waals surface area contributed by atoms with Crippen LogP contribution in [0.2, 0.25) is 0 Å².